The van der Waals surface area contributed by atoms with E-state index in [1.165, 1.54) is 52.9 Å². The van der Waals surface area contributed by atoms with E-state index in [-0.39, 0.29) is 17.1 Å². The maximum absolute atomic E-state index is 11.9. The van der Waals surface area contributed by atoms with Crippen molar-refractivity contribution in [1.29, 1.82) is 0 Å². The van der Waals surface area contributed by atoms with Gasteiger partial charge in [-0.2, -0.15) is 0 Å². The van der Waals surface area contributed by atoms with Gasteiger partial charge in [0.2, 0.25) is 0 Å². The molecule has 0 unspecified atom stereocenters. The third-order valence-electron chi connectivity index (χ3n) is 7.05. The highest BCUT2D eigenvalue weighted by atomic mass is 16.5. The Kier molecular flexibility index (Phi) is 6.25. The Morgan fingerprint density at radius 1 is 0.744 bits per heavy atom. The van der Waals surface area contributed by atoms with E-state index < -0.39 is 5.97 Å². The molecule has 5 nitrogen and oxygen atoms in total. The molecule has 0 saturated heterocycles. The van der Waals surface area contributed by atoms with Gasteiger partial charge >= 0.3 is 5.97 Å². The fourth-order valence-corrected chi connectivity index (χ4v) is 5.36. The molecular weight excluding hydrogens is 488 g/mol. The molecule has 5 aromatic carbocycles. The minimum atomic E-state index is -0.549. The van der Waals surface area contributed by atoms with Gasteiger partial charge < -0.3 is 19.7 Å². The van der Waals surface area contributed by atoms with Crippen LogP contribution in [-0.2, 0) is 11.2 Å². The van der Waals surface area contributed by atoms with Gasteiger partial charge in [-0.05, 0) is 93.4 Å². The summed E-state index contributed by atoms with van der Waals surface area (Å²) in [5.74, 6) is 0.545. The van der Waals surface area contributed by atoms with Gasteiger partial charge in [0.05, 0.1) is 12.7 Å². The van der Waals surface area contributed by atoms with Crippen LogP contribution in [0, 0.1) is 0 Å². The van der Waals surface area contributed by atoms with Crippen molar-refractivity contribution < 1.29 is 24.5 Å². The molecule has 0 spiro atoms. The maximum Gasteiger partial charge on any atom is 0.338 e. The van der Waals surface area contributed by atoms with Gasteiger partial charge in [0, 0.05) is 6.07 Å². The molecule has 5 heteroatoms. The van der Waals surface area contributed by atoms with Crippen molar-refractivity contribution in [2.75, 3.05) is 7.11 Å². The molecule has 192 valence electrons. The van der Waals surface area contributed by atoms with Crippen molar-refractivity contribution in [3.8, 4) is 45.3 Å². The summed E-state index contributed by atoms with van der Waals surface area (Å²) in [5.41, 5.74) is 7.23. The van der Waals surface area contributed by atoms with Crippen LogP contribution in [0.3, 0.4) is 0 Å². The number of phenols is 2. The number of esters is 1. The van der Waals surface area contributed by atoms with Crippen molar-refractivity contribution in [2.45, 2.75) is 12.8 Å². The van der Waals surface area contributed by atoms with Gasteiger partial charge in [-0.3, -0.25) is 0 Å². The first-order valence-electron chi connectivity index (χ1n) is 12.8. The van der Waals surface area contributed by atoms with Gasteiger partial charge in [0.1, 0.15) is 23.0 Å². The molecule has 6 rings (SSSR count). The van der Waals surface area contributed by atoms with Crippen LogP contribution in [0.4, 0.5) is 0 Å². The zero-order valence-corrected chi connectivity index (χ0v) is 21.3. The molecule has 0 amide bonds. The minimum absolute atomic E-state index is 0.0793. The fraction of sp³-hybridized carbons (Fsp3) is 0.0882. The van der Waals surface area contributed by atoms with Crippen LogP contribution in [0.1, 0.15) is 27.9 Å². The van der Waals surface area contributed by atoms with Crippen LogP contribution >= 0.6 is 0 Å². The number of fused-ring (bicyclic) bond motifs is 2. The Bertz CT molecular complexity index is 1730. The molecule has 0 heterocycles. The summed E-state index contributed by atoms with van der Waals surface area (Å²) >= 11 is 0. The van der Waals surface area contributed by atoms with E-state index in [4.69, 9.17) is 9.47 Å². The zero-order chi connectivity index (χ0) is 26.9. The highest BCUT2D eigenvalue weighted by Gasteiger charge is 2.21. The van der Waals surface area contributed by atoms with Crippen LogP contribution < -0.4 is 4.74 Å². The van der Waals surface area contributed by atoms with Gasteiger partial charge in [-0.1, -0.05) is 60.7 Å². The van der Waals surface area contributed by atoms with Gasteiger partial charge in [0.25, 0.3) is 0 Å². The first-order valence-corrected chi connectivity index (χ1v) is 12.8. The number of allylic oxidation sites excluding steroid dienone is 1. The second kappa shape index (κ2) is 10.0. The number of hydrogen-bond acceptors (Lipinski definition) is 5. The number of carbonyl (C=O) groups excluding carboxylic acids is 1. The SMILES string of the molecule is COC(=O)c1cc(O)cc(Oc2ccc(-c3c4c(c(-c5ccc(O)cc5)c5ccccc35)C=CCC4)cc2)c1. The quantitative estimate of drug-likeness (QED) is 0.232. The largest absolute Gasteiger partial charge is 0.508 e. The van der Waals surface area contributed by atoms with E-state index in [1.54, 1.807) is 12.1 Å². The lowest BCUT2D eigenvalue weighted by molar-refractivity contribution is 0.0600. The van der Waals surface area contributed by atoms with Crippen molar-refractivity contribution in [3.05, 3.63) is 114 Å². The predicted octanol–water partition coefficient (Wildman–Crippen LogP) is 8.12. The standard InChI is InChI=1S/C34H26O5/c1-38-34(37)23-18-25(36)20-27(19-23)39-26-16-12-22(13-17-26)33-30-8-4-2-6-28(30)32(21-10-14-24(35)15-11-21)29-7-3-5-9-31(29)33/h2-4,6-8,10-20,35-36H,5,9H2,1H3. The molecule has 0 radical (unpaired) electrons. The van der Waals surface area contributed by atoms with Gasteiger partial charge in [0.15, 0.2) is 0 Å². The summed E-state index contributed by atoms with van der Waals surface area (Å²) in [6, 6.07) is 28.1. The molecule has 1 aliphatic rings. The predicted molar refractivity (Wildman–Crippen MR) is 153 cm³/mol. The number of rotatable bonds is 5. The van der Waals surface area contributed by atoms with E-state index in [9.17, 15) is 15.0 Å². The number of carbonyl (C=O) groups is 1. The maximum atomic E-state index is 11.9. The van der Waals surface area contributed by atoms with Crippen molar-refractivity contribution >= 4 is 22.8 Å². The normalized spacial score (nSPS) is 12.2. The molecular formula is C34H26O5. The average Bonchev–Trinajstić information content (AvgIpc) is 2.96. The second-order valence-electron chi connectivity index (χ2n) is 9.51. The van der Waals surface area contributed by atoms with Crippen LogP contribution in [0.25, 0.3) is 39.1 Å². The van der Waals surface area contributed by atoms with E-state index in [0.29, 0.717) is 11.5 Å². The molecule has 0 aliphatic heterocycles. The summed E-state index contributed by atoms with van der Waals surface area (Å²) in [5, 5.41) is 22.2. The summed E-state index contributed by atoms with van der Waals surface area (Å²) in [7, 11) is 1.29. The van der Waals surface area contributed by atoms with Crippen molar-refractivity contribution in [2.24, 2.45) is 0 Å². The molecule has 5 aromatic rings. The lowest BCUT2D eigenvalue weighted by Gasteiger charge is -2.23. The van der Waals surface area contributed by atoms with E-state index >= 15 is 0 Å². The zero-order valence-electron chi connectivity index (χ0n) is 21.3. The first kappa shape index (κ1) is 24.3. The smallest absolute Gasteiger partial charge is 0.338 e. The van der Waals surface area contributed by atoms with Crippen LogP contribution in [0.5, 0.6) is 23.0 Å². The number of ether oxygens (including phenoxy) is 2. The fourth-order valence-electron chi connectivity index (χ4n) is 5.36. The van der Waals surface area contributed by atoms with Crippen LogP contribution in [0.15, 0.2) is 97.1 Å². The molecule has 0 aromatic heterocycles. The Morgan fingerprint density at radius 2 is 1.41 bits per heavy atom. The highest BCUT2D eigenvalue weighted by molar-refractivity contribution is 6.10. The molecule has 0 atom stereocenters. The van der Waals surface area contributed by atoms with Gasteiger partial charge in [-0.25, -0.2) is 4.79 Å². The summed E-state index contributed by atoms with van der Waals surface area (Å²) in [6.07, 6.45) is 6.33. The number of hydrogen-bond donors (Lipinski definition) is 2. The third kappa shape index (κ3) is 4.59. The third-order valence-corrected chi connectivity index (χ3v) is 7.05. The Balaban J connectivity index is 1.44. The Hall–Kier alpha value is -5.03. The molecule has 1 aliphatic carbocycles. The van der Waals surface area contributed by atoms with Crippen LogP contribution in [-0.4, -0.2) is 23.3 Å². The average molecular weight is 515 g/mol. The molecule has 39 heavy (non-hydrogen) atoms. The van der Waals surface area contributed by atoms with Crippen molar-refractivity contribution in [3.63, 3.8) is 0 Å². The van der Waals surface area contributed by atoms with Gasteiger partial charge in [-0.15, -0.1) is 0 Å². The topological polar surface area (TPSA) is 76.0 Å². The lowest BCUT2D eigenvalue weighted by Crippen LogP contribution is -2.02. The first-order chi connectivity index (χ1) is 19.0. The molecule has 2 N–H and O–H groups in total. The van der Waals surface area contributed by atoms with E-state index in [2.05, 4.69) is 36.4 Å². The highest BCUT2D eigenvalue weighted by Crippen LogP contribution is 2.45. The summed E-state index contributed by atoms with van der Waals surface area (Å²) in [4.78, 5) is 11.9. The Labute approximate surface area is 226 Å². The summed E-state index contributed by atoms with van der Waals surface area (Å²) in [6.45, 7) is 0. The second-order valence-corrected chi connectivity index (χ2v) is 9.51. The van der Waals surface area contributed by atoms with Crippen molar-refractivity contribution in [1.82, 2.24) is 0 Å². The van der Waals surface area contributed by atoms with E-state index in [0.717, 1.165) is 29.4 Å². The number of benzene rings is 5. The summed E-state index contributed by atoms with van der Waals surface area (Å²) < 4.78 is 10.7. The van der Waals surface area contributed by atoms with E-state index in [1.807, 2.05) is 36.4 Å². The number of methoxy groups -OCH3 is 1. The number of phenolic OH excluding ortho intramolecular Hbond substituents is 2. The minimum Gasteiger partial charge on any atom is -0.508 e. The Morgan fingerprint density at radius 3 is 2.13 bits per heavy atom. The monoisotopic (exact) mass is 514 g/mol. The molecule has 0 saturated carbocycles. The molecule has 0 bridgehead atoms. The molecule has 0 fully saturated rings. The number of aromatic hydroxyl groups is 2. The lowest BCUT2D eigenvalue weighted by atomic mass is 9.80. The van der Waals surface area contributed by atoms with Crippen LogP contribution in [0.2, 0.25) is 0 Å².